The number of para-hydroxylation sites is 1. The summed E-state index contributed by atoms with van der Waals surface area (Å²) in [5, 5.41) is 17.7. The van der Waals surface area contributed by atoms with Crippen molar-refractivity contribution in [2.75, 3.05) is 13.3 Å². The molecule has 0 bridgehead atoms. The van der Waals surface area contributed by atoms with Crippen LogP contribution in [-0.2, 0) is 11.2 Å². The molecule has 0 saturated carbocycles. The molecule has 1 aromatic heterocycles. The summed E-state index contributed by atoms with van der Waals surface area (Å²) in [6.07, 6.45) is 2.10. The number of carbonyl (C=O) groups excluding carboxylic acids is 2. The fourth-order valence-corrected chi connectivity index (χ4v) is 4.34. The van der Waals surface area contributed by atoms with E-state index in [1.165, 1.54) is 24.3 Å². The number of aromatic amines is 1. The molecule has 3 N–H and O–H groups in total. The number of nitrogens with one attached hydrogen (secondary N) is 3. The van der Waals surface area contributed by atoms with Gasteiger partial charge in [0.15, 0.2) is 11.5 Å². The van der Waals surface area contributed by atoms with Gasteiger partial charge in [-0.25, -0.2) is 0 Å². The van der Waals surface area contributed by atoms with Gasteiger partial charge < -0.3 is 25.1 Å². The highest BCUT2D eigenvalue weighted by Crippen LogP contribution is 2.33. The monoisotopic (exact) mass is 512 g/mol. The Kier molecular flexibility index (Phi) is 6.77. The minimum Gasteiger partial charge on any atom is -0.454 e. The fraction of sp³-hybridized carbons (Fsp3) is 0.143. The van der Waals surface area contributed by atoms with Gasteiger partial charge in [-0.15, -0.1) is 0 Å². The van der Waals surface area contributed by atoms with E-state index in [-0.39, 0.29) is 23.7 Å². The number of hydrogen-bond acceptors (Lipinski definition) is 6. The van der Waals surface area contributed by atoms with E-state index in [0.29, 0.717) is 30.0 Å². The maximum atomic E-state index is 13.2. The van der Waals surface area contributed by atoms with Gasteiger partial charge in [0.25, 0.3) is 17.5 Å². The van der Waals surface area contributed by atoms with Gasteiger partial charge >= 0.3 is 0 Å². The molecule has 1 aliphatic rings. The summed E-state index contributed by atoms with van der Waals surface area (Å²) < 4.78 is 10.8. The molecule has 0 saturated heterocycles. The SMILES string of the molecule is Cc1[nH]c2ccccc2c1CCNC(=O)/C(=C/c1ccc2c(c1)OCO2)NC(=O)c1cccc([N+](=O)[O-])c1. The average molecular weight is 513 g/mol. The van der Waals surface area contributed by atoms with E-state index in [2.05, 4.69) is 15.6 Å². The Morgan fingerprint density at radius 3 is 2.71 bits per heavy atom. The zero-order valence-corrected chi connectivity index (χ0v) is 20.4. The third-order valence-electron chi connectivity index (χ3n) is 6.21. The highest BCUT2D eigenvalue weighted by molar-refractivity contribution is 6.05. The van der Waals surface area contributed by atoms with Crippen LogP contribution < -0.4 is 20.1 Å². The number of H-pyrrole nitrogens is 1. The van der Waals surface area contributed by atoms with Gasteiger partial charge in [-0.3, -0.25) is 19.7 Å². The van der Waals surface area contributed by atoms with Gasteiger partial charge in [0.1, 0.15) is 5.70 Å². The molecular formula is C28H24N4O6. The molecule has 10 nitrogen and oxygen atoms in total. The van der Waals surface area contributed by atoms with E-state index >= 15 is 0 Å². The van der Waals surface area contributed by atoms with Crippen molar-refractivity contribution in [3.63, 3.8) is 0 Å². The first-order valence-corrected chi connectivity index (χ1v) is 11.9. The number of nitro groups is 1. The van der Waals surface area contributed by atoms with Gasteiger partial charge in [-0.2, -0.15) is 0 Å². The second-order valence-corrected chi connectivity index (χ2v) is 8.71. The summed E-state index contributed by atoms with van der Waals surface area (Å²) in [6, 6.07) is 18.4. The van der Waals surface area contributed by atoms with E-state index in [1.807, 2.05) is 31.2 Å². The highest BCUT2D eigenvalue weighted by atomic mass is 16.7. The molecule has 192 valence electrons. The van der Waals surface area contributed by atoms with Gasteiger partial charge in [0, 0.05) is 40.8 Å². The number of carbonyl (C=O) groups is 2. The van der Waals surface area contributed by atoms with Gasteiger partial charge in [-0.1, -0.05) is 30.3 Å². The van der Waals surface area contributed by atoms with Crippen molar-refractivity contribution in [1.82, 2.24) is 15.6 Å². The number of non-ortho nitro benzene ring substituents is 1. The summed E-state index contributed by atoms with van der Waals surface area (Å²) in [5.74, 6) is -0.0385. The van der Waals surface area contributed by atoms with E-state index < -0.39 is 16.7 Å². The average Bonchev–Trinajstić information content (AvgIpc) is 3.51. The molecule has 0 radical (unpaired) electrons. The predicted octanol–water partition coefficient (Wildman–Crippen LogP) is 4.24. The number of benzene rings is 3. The molecular weight excluding hydrogens is 488 g/mol. The Labute approximate surface area is 217 Å². The topological polar surface area (TPSA) is 136 Å². The van der Waals surface area contributed by atoms with Crippen LogP contribution in [0.4, 0.5) is 5.69 Å². The quantitative estimate of drug-likeness (QED) is 0.184. The minimum atomic E-state index is -0.650. The number of nitro benzene ring substituents is 1. The number of amides is 2. The number of aromatic nitrogens is 1. The minimum absolute atomic E-state index is 0.0176. The summed E-state index contributed by atoms with van der Waals surface area (Å²) in [7, 11) is 0. The number of nitrogens with zero attached hydrogens (tertiary/aromatic N) is 1. The standard InChI is InChI=1S/C28H24N4O6/c1-17-21(22-7-2-3-8-23(22)30-17)11-12-29-28(34)24(13-18-9-10-25-26(14-18)38-16-37-25)31-27(33)19-5-4-6-20(15-19)32(35)36/h2-10,13-15,30H,11-12,16H2,1H3,(H,29,34)(H,31,33)/b24-13-. The molecule has 4 aromatic rings. The van der Waals surface area contributed by atoms with E-state index in [4.69, 9.17) is 9.47 Å². The molecule has 0 spiro atoms. The molecule has 0 aliphatic carbocycles. The smallest absolute Gasteiger partial charge is 0.270 e. The maximum Gasteiger partial charge on any atom is 0.270 e. The lowest BCUT2D eigenvalue weighted by molar-refractivity contribution is -0.384. The highest BCUT2D eigenvalue weighted by Gasteiger charge is 2.19. The van der Waals surface area contributed by atoms with Gasteiger partial charge in [0.2, 0.25) is 6.79 Å². The van der Waals surface area contributed by atoms with Gasteiger partial charge in [-0.05, 0) is 54.8 Å². The van der Waals surface area contributed by atoms with E-state index in [9.17, 15) is 19.7 Å². The van der Waals surface area contributed by atoms with Crippen molar-refractivity contribution < 1.29 is 24.0 Å². The van der Waals surface area contributed by atoms with E-state index in [1.54, 1.807) is 18.2 Å². The van der Waals surface area contributed by atoms with Crippen LogP contribution >= 0.6 is 0 Å². The molecule has 3 aromatic carbocycles. The lowest BCUT2D eigenvalue weighted by Crippen LogP contribution is -2.35. The first-order valence-electron chi connectivity index (χ1n) is 11.9. The Morgan fingerprint density at radius 1 is 1.05 bits per heavy atom. The van der Waals surface area contributed by atoms with Gasteiger partial charge in [0.05, 0.1) is 4.92 Å². The molecule has 0 unspecified atom stereocenters. The lowest BCUT2D eigenvalue weighted by Gasteiger charge is -2.12. The van der Waals surface area contributed by atoms with Crippen LogP contribution in [0.3, 0.4) is 0 Å². The summed E-state index contributed by atoms with van der Waals surface area (Å²) >= 11 is 0. The molecule has 0 fully saturated rings. The zero-order valence-electron chi connectivity index (χ0n) is 20.4. The van der Waals surface area contributed by atoms with Crippen LogP contribution in [0.5, 0.6) is 11.5 Å². The van der Waals surface area contributed by atoms with Crippen LogP contribution in [0.1, 0.15) is 27.2 Å². The Hall–Kier alpha value is -5.12. The second-order valence-electron chi connectivity index (χ2n) is 8.71. The molecule has 38 heavy (non-hydrogen) atoms. The number of rotatable bonds is 8. The fourth-order valence-electron chi connectivity index (χ4n) is 4.34. The Bertz CT molecular complexity index is 1590. The van der Waals surface area contributed by atoms with Crippen molar-refractivity contribution in [1.29, 1.82) is 0 Å². The first kappa shape index (κ1) is 24.6. The summed E-state index contributed by atoms with van der Waals surface area (Å²) in [5.41, 5.74) is 3.56. The number of fused-ring (bicyclic) bond motifs is 2. The Balaban J connectivity index is 1.36. The lowest BCUT2D eigenvalue weighted by atomic mass is 10.1. The summed E-state index contributed by atoms with van der Waals surface area (Å²) in [6.45, 7) is 2.42. The zero-order chi connectivity index (χ0) is 26.6. The first-order chi connectivity index (χ1) is 18.4. The molecule has 0 atom stereocenters. The third kappa shape index (κ3) is 5.19. The Morgan fingerprint density at radius 2 is 1.87 bits per heavy atom. The van der Waals surface area contributed by atoms with Crippen LogP contribution in [0.15, 0.2) is 72.4 Å². The molecule has 2 heterocycles. The largest absolute Gasteiger partial charge is 0.454 e. The second kappa shape index (κ2) is 10.5. The number of hydrogen-bond donors (Lipinski definition) is 3. The number of aryl methyl sites for hydroxylation is 1. The molecule has 2 amide bonds. The van der Waals surface area contributed by atoms with Crippen LogP contribution in [0.25, 0.3) is 17.0 Å². The third-order valence-corrected chi connectivity index (χ3v) is 6.21. The van der Waals surface area contributed by atoms with Crippen LogP contribution in [0, 0.1) is 17.0 Å². The van der Waals surface area contributed by atoms with Crippen LogP contribution in [-0.4, -0.2) is 35.1 Å². The van der Waals surface area contributed by atoms with Crippen molar-refractivity contribution >= 4 is 34.5 Å². The van der Waals surface area contributed by atoms with Crippen LogP contribution in [0.2, 0.25) is 0 Å². The molecule has 10 heteroatoms. The predicted molar refractivity (Wildman–Crippen MR) is 141 cm³/mol. The van der Waals surface area contributed by atoms with Crippen molar-refractivity contribution in [3.8, 4) is 11.5 Å². The number of ether oxygens (including phenoxy) is 2. The van der Waals surface area contributed by atoms with Crippen molar-refractivity contribution in [3.05, 3.63) is 105 Å². The molecule has 1 aliphatic heterocycles. The van der Waals surface area contributed by atoms with E-state index in [0.717, 1.165) is 28.2 Å². The van der Waals surface area contributed by atoms with Crippen molar-refractivity contribution in [2.45, 2.75) is 13.3 Å². The van der Waals surface area contributed by atoms with Crippen molar-refractivity contribution in [2.24, 2.45) is 0 Å². The molecule has 5 rings (SSSR count). The summed E-state index contributed by atoms with van der Waals surface area (Å²) in [4.78, 5) is 40.1. The normalized spacial score (nSPS) is 12.4. The maximum absolute atomic E-state index is 13.2.